The Morgan fingerprint density at radius 2 is 1.04 bits per heavy atom. The van der Waals surface area contributed by atoms with Crippen LogP contribution in [0.1, 0.15) is 33.4 Å². The van der Waals surface area contributed by atoms with Crippen molar-refractivity contribution in [2.45, 2.75) is 43.8 Å². The van der Waals surface area contributed by atoms with E-state index in [9.17, 15) is 10.4 Å². The summed E-state index contributed by atoms with van der Waals surface area (Å²) in [6, 6.07) is 31.9. The summed E-state index contributed by atoms with van der Waals surface area (Å²) in [6.07, 6.45) is 1.76. The van der Waals surface area contributed by atoms with Crippen molar-refractivity contribution in [2.24, 2.45) is 0 Å². The highest BCUT2D eigenvalue weighted by Crippen LogP contribution is 2.24. The lowest BCUT2D eigenvalue weighted by molar-refractivity contribution is -0.693. The smallest absolute Gasteiger partial charge is 0.288 e. The minimum Gasteiger partial charge on any atom is -0.720 e. The number of carbonyl (C=O) groups excluding carboxylic acids is 2. The summed E-state index contributed by atoms with van der Waals surface area (Å²) in [6.45, 7) is 6.08. The largest absolute Gasteiger partial charge is 0.720 e. The molecule has 4 rings (SSSR count). The van der Waals surface area contributed by atoms with Crippen LogP contribution in [0.2, 0.25) is 10.0 Å². The van der Waals surface area contributed by atoms with E-state index in [2.05, 4.69) is 83.8 Å². The van der Waals surface area contributed by atoms with E-state index in [1.54, 1.807) is 12.1 Å². The van der Waals surface area contributed by atoms with E-state index in [1.165, 1.54) is 32.4 Å². The Morgan fingerprint density at radius 1 is 0.717 bits per heavy atom. The fraction of sp³-hybridized carbons (Fsp3) is 0.278. The van der Waals surface area contributed by atoms with Crippen molar-refractivity contribution in [1.82, 2.24) is 10.1 Å². The molecule has 292 valence electrons. The highest BCUT2D eigenvalue weighted by molar-refractivity contribution is 6.66. The summed E-state index contributed by atoms with van der Waals surface area (Å²) in [5.41, 5.74) is 6.85. The first-order chi connectivity index (χ1) is 25.0. The molecule has 4 aromatic rings. The molecule has 0 saturated carbocycles. The van der Waals surface area contributed by atoms with Crippen LogP contribution in [0.5, 0.6) is 0 Å². The Labute approximate surface area is 339 Å². The third-order valence-corrected chi connectivity index (χ3v) is 7.57. The molecule has 0 amide bonds. The molecule has 0 radical (unpaired) electrons. The zero-order chi connectivity index (χ0) is 40.2. The predicted molar refractivity (Wildman–Crippen MR) is 201 cm³/mol. The zero-order valence-electron chi connectivity index (χ0n) is 28.7. The van der Waals surface area contributed by atoms with E-state index < -0.39 is 15.8 Å². The number of halogens is 6. The van der Waals surface area contributed by atoms with Gasteiger partial charge in [-0.1, -0.05) is 154 Å². The number of carbonyl (C=O) groups is 2. The first-order valence-electron chi connectivity index (χ1n) is 15.4. The van der Waals surface area contributed by atoms with Crippen molar-refractivity contribution in [1.29, 1.82) is 0 Å². The van der Waals surface area contributed by atoms with E-state index >= 15 is 0 Å². The monoisotopic (exact) mass is 853 g/mol. The number of hydrogen-bond donors (Lipinski definition) is 2. The van der Waals surface area contributed by atoms with Crippen molar-refractivity contribution in [3.05, 3.63) is 140 Å². The van der Waals surface area contributed by atoms with E-state index in [0.717, 1.165) is 24.0 Å². The third kappa shape index (κ3) is 27.5. The van der Waals surface area contributed by atoms with E-state index in [1.807, 2.05) is 36.4 Å². The molecule has 0 saturated heterocycles. The number of alkyl halides is 4. The highest BCUT2D eigenvalue weighted by atomic mass is 35.6. The average molecular weight is 856 g/mol. The maximum atomic E-state index is 9.92. The molecule has 4 aromatic carbocycles. The van der Waals surface area contributed by atoms with Crippen LogP contribution in [0.25, 0.3) is 0 Å². The van der Waals surface area contributed by atoms with Crippen molar-refractivity contribution in [3.63, 3.8) is 0 Å². The van der Waals surface area contributed by atoms with Gasteiger partial charge >= 0.3 is 0 Å². The Morgan fingerprint density at radius 3 is 1.30 bits per heavy atom. The van der Waals surface area contributed by atoms with Gasteiger partial charge in [0.1, 0.15) is 0 Å². The lowest BCUT2D eigenvalue weighted by atomic mass is 10.1. The third-order valence-electron chi connectivity index (χ3n) is 6.42. The van der Waals surface area contributed by atoms with Gasteiger partial charge in [0.15, 0.2) is 0 Å². The summed E-state index contributed by atoms with van der Waals surface area (Å²) in [5, 5.41) is 50.4. The normalized spacial score (nSPS) is 10.3. The Bertz CT molecular complexity index is 1470. The molecule has 17 heteroatoms. The quantitative estimate of drug-likeness (QED) is 0.0723. The molecule has 0 unspecified atom stereocenters. The van der Waals surface area contributed by atoms with Gasteiger partial charge in [0.05, 0.1) is 24.9 Å². The van der Waals surface area contributed by atoms with E-state index in [0.29, 0.717) is 36.2 Å². The Balaban J connectivity index is 0.000000744. The van der Waals surface area contributed by atoms with Crippen LogP contribution in [0.3, 0.4) is 0 Å². The summed E-state index contributed by atoms with van der Waals surface area (Å²) >= 11 is 30.9. The number of benzene rings is 4. The molecule has 53 heavy (non-hydrogen) atoms. The van der Waals surface area contributed by atoms with Gasteiger partial charge < -0.3 is 40.6 Å². The summed E-state index contributed by atoms with van der Waals surface area (Å²) < 4.78 is -2.10. The lowest BCUT2D eigenvalue weighted by Crippen LogP contribution is -2.24. The molecule has 0 aliphatic heterocycles. The summed E-state index contributed by atoms with van der Waals surface area (Å²) in [4.78, 5) is 23.4. The summed E-state index contributed by atoms with van der Waals surface area (Å²) in [7, 11) is 0. The van der Waals surface area contributed by atoms with Crippen molar-refractivity contribution < 1.29 is 45.4 Å². The number of aryl methyl sites for hydroxylation is 2. The molecule has 0 aliphatic rings. The van der Waals surface area contributed by atoms with Gasteiger partial charge in [-0.25, -0.2) is 0 Å². The predicted octanol–water partition coefficient (Wildman–Crippen LogP) is 6.18. The van der Waals surface area contributed by atoms with Crippen LogP contribution < -0.4 is 15.6 Å². The van der Waals surface area contributed by atoms with Crippen LogP contribution in [-0.4, -0.2) is 55.9 Å². The van der Waals surface area contributed by atoms with Crippen LogP contribution in [0, 0.1) is 13.8 Å². The molecular formula is C36H39Cl6N2O9-3. The minimum atomic E-state index is -2.10. The van der Waals surface area contributed by atoms with Crippen LogP contribution >= 0.6 is 69.6 Å². The van der Waals surface area contributed by atoms with Crippen molar-refractivity contribution >= 4 is 82.0 Å². The number of hydroxylamine groups is 4. The molecule has 0 heterocycles. The minimum absolute atomic E-state index is 0.181. The summed E-state index contributed by atoms with van der Waals surface area (Å²) in [5.74, 6) is -1.65. The fourth-order valence-corrected chi connectivity index (χ4v) is 4.23. The number of carboxylic acid groups (broad SMARTS) is 1. The average Bonchev–Trinajstić information content (AvgIpc) is 3.13. The Kier molecular flexibility index (Phi) is 28.1. The zero-order valence-corrected chi connectivity index (χ0v) is 33.2. The lowest BCUT2D eigenvalue weighted by Gasteiger charge is -2.16. The number of aliphatic carboxylic acids is 1. The second kappa shape index (κ2) is 29.6. The van der Waals surface area contributed by atoms with Gasteiger partial charge in [0, 0.05) is 23.1 Å². The van der Waals surface area contributed by atoms with Crippen LogP contribution in [-0.2, 0) is 45.3 Å². The molecular weight excluding hydrogens is 817 g/mol. The van der Waals surface area contributed by atoms with Crippen LogP contribution in [0.15, 0.2) is 97.1 Å². The van der Waals surface area contributed by atoms with Gasteiger partial charge in [0.25, 0.3) is 10.5 Å². The maximum Gasteiger partial charge on any atom is 0.288 e. The van der Waals surface area contributed by atoms with Gasteiger partial charge in [-0.15, -0.1) is 11.6 Å². The fourth-order valence-electron chi connectivity index (χ4n) is 3.84. The first-order valence-corrected chi connectivity index (χ1v) is 17.8. The van der Waals surface area contributed by atoms with Gasteiger partial charge in [-0.2, -0.15) is 10.1 Å². The number of rotatable bonds is 12. The molecule has 0 spiro atoms. The topological polar surface area (TPSA) is 169 Å². The second-order valence-corrected chi connectivity index (χ2v) is 13.9. The van der Waals surface area contributed by atoms with E-state index in [4.69, 9.17) is 83.2 Å². The highest BCUT2D eigenvalue weighted by Gasteiger charge is 2.13. The van der Waals surface area contributed by atoms with Gasteiger partial charge in [-0.05, 0) is 61.1 Å². The molecule has 0 atom stereocenters. The van der Waals surface area contributed by atoms with Gasteiger partial charge in [-0.3, -0.25) is 4.79 Å². The first kappa shape index (κ1) is 50.3. The van der Waals surface area contributed by atoms with E-state index in [-0.39, 0.29) is 6.47 Å². The number of carboxylic acids is 1. The van der Waals surface area contributed by atoms with Crippen molar-refractivity contribution in [3.8, 4) is 0 Å². The molecule has 2 N–H and O–H groups in total. The number of hydrogen-bond acceptors (Lipinski definition) is 11. The standard InChI is InChI=1S/C18H23NO.C14H13Cl2NO.C2H3ClO2.CHCl3O2.CH2O3/c1-15-3-7-17(8-4-15)11-13-19(20)14-12-18-9-5-16(2)6-10-18;15-13-7-3-1-5-11(13)9-17(18)10-12-6-2-4-8-14(12)16;3-1-2(4)5;2-1(3,4)6-5;2-1-4-3/h3-10,20H,11-14H2,1-2H3;1-8,18H,9-10H2;1H2,(H,4,5);5H;1,3H/p-3. The Hall–Kier alpha value is -2.72. The molecule has 0 bridgehead atoms. The van der Waals surface area contributed by atoms with Crippen LogP contribution in [0.4, 0.5) is 0 Å². The maximum absolute atomic E-state index is 9.92. The van der Waals surface area contributed by atoms with Crippen molar-refractivity contribution in [2.75, 3.05) is 19.0 Å². The molecule has 0 fully saturated rings. The molecule has 0 aliphatic carbocycles. The second-order valence-electron chi connectivity index (χ2n) is 10.7. The molecule has 0 aromatic heterocycles. The van der Waals surface area contributed by atoms with Gasteiger partial charge in [0.2, 0.25) is 0 Å². The SMILES string of the molecule is Cc1ccc(CCN(O)CCc2ccc(C)cc2)cc1.O=C([O-])CCl.O=CO[O-].ON(Cc1ccccc1Cl)Cc1ccccc1Cl.[O-]OC(Cl)(Cl)Cl. The number of nitrogens with zero attached hydrogens (tertiary/aromatic N) is 2. The molecule has 11 nitrogen and oxygen atoms in total.